The van der Waals surface area contributed by atoms with Crippen molar-refractivity contribution in [3.05, 3.63) is 72.6 Å². The van der Waals surface area contributed by atoms with E-state index in [9.17, 15) is 9.18 Å². The third kappa shape index (κ3) is 5.01. The summed E-state index contributed by atoms with van der Waals surface area (Å²) in [5, 5.41) is 14.0. The minimum Gasteiger partial charge on any atom is -0.496 e. The van der Waals surface area contributed by atoms with E-state index < -0.39 is 11.7 Å². The number of para-hydroxylation sites is 1. The van der Waals surface area contributed by atoms with Crippen LogP contribution in [0.25, 0.3) is 11.3 Å². The average Bonchev–Trinajstić information content (AvgIpc) is 3.25. The molecule has 162 valence electrons. The Morgan fingerprint density at radius 2 is 1.97 bits per heavy atom. The first-order chi connectivity index (χ1) is 15.6. The van der Waals surface area contributed by atoms with Gasteiger partial charge in [0.2, 0.25) is 5.91 Å². The van der Waals surface area contributed by atoms with E-state index in [0.717, 1.165) is 0 Å². The Morgan fingerprint density at radius 3 is 2.78 bits per heavy atom. The van der Waals surface area contributed by atoms with Crippen molar-refractivity contribution in [2.75, 3.05) is 12.4 Å². The second kappa shape index (κ2) is 9.60. The number of amides is 1. The van der Waals surface area contributed by atoms with Crippen molar-refractivity contribution in [2.24, 2.45) is 0 Å². The number of hydrogen-bond donors (Lipinski definition) is 1. The van der Waals surface area contributed by atoms with Crippen LogP contribution in [0.5, 0.6) is 11.5 Å². The van der Waals surface area contributed by atoms with Crippen molar-refractivity contribution in [1.82, 2.24) is 30.2 Å². The summed E-state index contributed by atoms with van der Waals surface area (Å²) in [5.41, 5.74) is 0.831. The maximum Gasteiger partial charge on any atom is 0.247 e. The van der Waals surface area contributed by atoms with Crippen molar-refractivity contribution in [3.8, 4) is 22.8 Å². The zero-order chi connectivity index (χ0) is 22.3. The molecule has 2 aromatic heterocycles. The van der Waals surface area contributed by atoms with E-state index in [0.29, 0.717) is 28.6 Å². The van der Waals surface area contributed by atoms with E-state index in [4.69, 9.17) is 9.47 Å². The zero-order valence-electron chi connectivity index (χ0n) is 17.0. The quantitative estimate of drug-likeness (QED) is 0.449. The molecule has 0 unspecified atom stereocenters. The minimum absolute atomic E-state index is 0.0985. The smallest absolute Gasteiger partial charge is 0.247 e. The van der Waals surface area contributed by atoms with Crippen LogP contribution in [0.15, 0.2) is 60.9 Å². The molecular formula is C21H18FN7O3. The fourth-order valence-corrected chi connectivity index (χ4v) is 2.89. The monoisotopic (exact) mass is 435 g/mol. The van der Waals surface area contributed by atoms with Gasteiger partial charge in [0.25, 0.3) is 0 Å². The van der Waals surface area contributed by atoms with Gasteiger partial charge in [0.05, 0.1) is 12.8 Å². The fraction of sp³-hybridized carbons (Fsp3) is 0.143. The van der Waals surface area contributed by atoms with Gasteiger partial charge < -0.3 is 14.8 Å². The second-order valence-corrected chi connectivity index (χ2v) is 6.54. The number of tetrazole rings is 1. The van der Waals surface area contributed by atoms with Gasteiger partial charge in [-0.25, -0.2) is 19.0 Å². The highest BCUT2D eigenvalue weighted by atomic mass is 19.1. The van der Waals surface area contributed by atoms with Gasteiger partial charge in [0.1, 0.15) is 42.6 Å². The largest absolute Gasteiger partial charge is 0.496 e. The molecule has 2 heterocycles. The van der Waals surface area contributed by atoms with Gasteiger partial charge in [-0.15, -0.1) is 5.10 Å². The maximum atomic E-state index is 13.7. The number of aromatic nitrogens is 6. The molecule has 0 aliphatic rings. The lowest BCUT2D eigenvalue weighted by Crippen LogP contribution is -2.22. The van der Waals surface area contributed by atoms with E-state index in [1.807, 2.05) is 18.2 Å². The molecule has 0 aliphatic heterocycles. The van der Waals surface area contributed by atoms with Gasteiger partial charge in [-0.2, -0.15) is 0 Å². The molecule has 0 aliphatic carbocycles. The average molecular weight is 435 g/mol. The fourth-order valence-electron chi connectivity index (χ4n) is 2.89. The third-order valence-corrected chi connectivity index (χ3v) is 4.38. The summed E-state index contributed by atoms with van der Waals surface area (Å²) in [7, 11) is 1.48. The zero-order valence-corrected chi connectivity index (χ0v) is 17.0. The Balaban J connectivity index is 1.43. The number of halogens is 1. The number of benzene rings is 2. The molecule has 0 atom stereocenters. The standard InChI is InChI=1S/C21H18FN7O3/c1-31-18-8-7-14(22)9-16(18)17-10-19(24-13-23-17)25-21(30)11-29-20(26-27-28-29)12-32-15-5-3-2-4-6-15/h2-10,13H,11-12H2,1H3,(H,23,24,25,30). The second-order valence-electron chi connectivity index (χ2n) is 6.54. The van der Waals surface area contributed by atoms with Crippen LogP contribution in [0.4, 0.5) is 10.2 Å². The van der Waals surface area contributed by atoms with E-state index >= 15 is 0 Å². The van der Waals surface area contributed by atoms with Gasteiger partial charge in [-0.1, -0.05) is 18.2 Å². The Morgan fingerprint density at radius 1 is 1.12 bits per heavy atom. The number of nitrogens with one attached hydrogen (secondary N) is 1. The summed E-state index contributed by atoms with van der Waals surface area (Å²) in [6.07, 6.45) is 1.27. The maximum absolute atomic E-state index is 13.7. The molecule has 0 saturated carbocycles. The molecule has 1 amide bonds. The molecule has 0 radical (unpaired) electrons. The van der Waals surface area contributed by atoms with Crippen LogP contribution in [0.3, 0.4) is 0 Å². The van der Waals surface area contributed by atoms with Crippen LogP contribution in [0.1, 0.15) is 5.82 Å². The lowest BCUT2D eigenvalue weighted by atomic mass is 10.1. The Kier molecular flexibility index (Phi) is 6.25. The van der Waals surface area contributed by atoms with E-state index in [2.05, 4.69) is 30.8 Å². The van der Waals surface area contributed by atoms with Crippen molar-refractivity contribution in [2.45, 2.75) is 13.2 Å². The number of ether oxygens (including phenoxy) is 2. The predicted molar refractivity (Wildman–Crippen MR) is 111 cm³/mol. The topological polar surface area (TPSA) is 117 Å². The summed E-state index contributed by atoms with van der Waals surface area (Å²) < 4.78 is 25.9. The predicted octanol–water partition coefficient (Wildman–Crippen LogP) is 2.50. The molecule has 0 spiro atoms. The summed E-state index contributed by atoms with van der Waals surface area (Å²) in [6, 6.07) is 14.8. The van der Waals surface area contributed by atoms with Crippen LogP contribution in [0.2, 0.25) is 0 Å². The highest BCUT2D eigenvalue weighted by Gasteiger charge is 2.14. The SMILES string of the molecule is COc1ccc(F)cc1-c1cc(NC(=O)Cn2nnnc2COc2ccccc2)ncn1. The normalized spacial score (nSPS) is 10.6. The Bertz CT molecular complexity index is 1220. The number of methoxy groups -OCH3 is 1. The van der Waals surface area contributed by atoms with E-state index in [-0.39, 0.29) is 19.0 Å². The summed E-state index contributed by atoms with van der Waals surface area (Å²) >= 11 is 0. The highest BCUT2D eigenvalue weighted by Crippen LogP contribution is 2.29. The van der Waals surface area contributed by atoms with Crippen LogP contribution in [-0.2, 0) is 17.9 Å². The summed E-state index contributed by atoms with van der Waals surface area (Å²) in [5.74, 6) is 0.883. The third-order valence-electron chi connectivity index (χ3n) is 4.38. The van der Waals surface area contributed by atoms with Crippen molar-refractivity contribution >= 4 is 11.7 Å². The van der Waals surface area contributed by atoms with Gasteiger partial charge in [0, 0.05) is 11.6 Å². The van der Waals surface area contributed by atoms with Crippen molar-refractivity contribution in [1.29, 1.82) is 0 Å². The van der Waals surface area contributed by atoms with E-state index in [1.54, 1.807) is 12.1 Å². The van der Waals surface area contributed by atoms with Gasteiger partial charge in [-0.3, -0.25) is 4.79 Å². The number of carbonyl (C=O) groups excluding carboxylic acids is 1. The van der Waals surface area contributed by atoms with E-state index in [1.165, 1.54) is 42.4 Å². The molecule has 32 heavy (non-hydrogen) atoms. The lowest BCUT2D eigenvalue weighted by Gasteiger charge is -2.10. The van der Waals surface area contributed by atoms with Crippen molar-refractivity contribution in [3.63, 3.8) is 0 Å². The van der Waals surface area contributed by atoms with Crippen LogP contribution in [-0.4, -0.2) is 43.2 Å². The first-order valence-corrected chi connectivity index (χ1v) is 9.51. The molecule has 4 aromatic rings. The molecule has 1 N–H and O–H groups in total. The highest BCUT2D eigenvalue weighted by molar-refractivity contribution is 5.90. The number of rotatable bonds is 8. The molecule has 4 rings (SSSR count). The number of anilines is 1. The molecule has 0 saturated heterocycles. The molecule has 0 fully saturated rings. The van der Waals surface area contributed by atoms with Crippen molar-refractivity contribution < 1.29 is 18.7 Å². The van der Waals surface area contributed by atoms with Gasteiger partial charge >= 0.3 is 0 Å². The molecule has 10 nitrogen and oxygen atoms in total. The van der Waals surface area contributed by atoms with Crippen LogP contribution < -0.4 is 14.8 Å². The Hall–Kier alpha value is -4.41. The van der Waals surface area contributed by atoms with Gasteiger partial charge in [0.15, 0.2) is 5.82 Å². The van der Waals surface area contributed by atoms with Crippen LogP contribution >= 0.6 is 0 Å². The number of hydrogen-bond acceptors (Lipinski definition) is 8. The van der Waals surface area contributed by atoms with Gasteiger partial charge in [-0.05, 0) is 40.8 Å². The summed E-state index contributed by atoms with van der Waals surface area (Å²) in [4.78, 5) is 20.7. The number of carbonyl (C=O) groups is 1. The molecule has 0 bridgehead atoms. The molecule has 11 heteroatoms. The number of nitrogens with zero attached hydrogens (tertiary/aromatic N) is 6. The Labute approximate surface area is 182 Å². The first kappa shape index (κ1) is 20.8. The molecule has 2 aromatic carbocycles. The lowest BCUT2D eigenvalue weighted by molar-refractivity contribution is -0.117. The van der Waals surface area contributed by atoms with Crippen LogP contribution in [0, 0.1) is 5.82 Å². The molecular weight excluding hydrogens is 417 g/mol. The minimum atomic E-state index is -0.436. The summed E-state index contributed by atoms with van der Waals surface area (Å²) in [6.45, 7) is -0.0512. The first-order valence-electron chi connectivity index (χ1n) is 9.51.